The molecule has 0 fully saturated rings. The summed E-state index contributed by atoms with van der Waals surface area (Å²) >= 11 is 0. The number of carbonyl (C=O) groups excluding carboxylic acids is 5. The summed E-state index contributed by atoms with van der Waals surface area (Å²) in [6.45, 7) is 15.3. The number of allylic oxidation sites excluding steroid dienone is 1. The van der Waals surface area contributed by atoms with Crippen molar-refractivity contribution in [2.75, 3.05) is 55.1 Å². The molecule has 0 atom stereocenters. The zero-order valence-corrected chi connectivity index (χ0v) is 38.4. The zero-order valence-electron chi connectivity index (χ0n) is 38.4. The van der Waals surface area contributed by atoms with Crippen LogP contribution in [0, 0.1) is 17.0 Å². The van der Waals surface area contributed by atoms with Gasteiger partial charge in [-0.2, -0.15) is 10.2 Å². The van der Waals surface area contributed by atoms with Crippen LogP contribution in [0.4, 0.5) is 33.2 Å². The van der Waals surface area contributed by atoms with Crippen LogP contribution in [0.25, 0.3) is 0 Å². The van der Waals surface area contributed by atoms with E-state index >= 15 is 0 Å². The van der Waals surface area contributed by atoms with Crippen molar-refractivity contribution in [1.82, 2.24) is 24.9 Å². The third-order valence-corrected chi connectivity index (χ3v) is 9.18. The molecule has 0 aliphatic heterocycles. The molecule has 358 valence electrons. The number of anilines is 3. The number of aryl methyl sites for hydroxylation is 2. The SMILES string of the molecule is C=Nc1cc(C=O)cc(OCCCC(=O)OCC)c1N(C/C=C/CNc1c(OC/C=C/Cn2cc(NC(=O)OC(C)(C)C)cn2)cc(C(N)=O)cc1[N+](=O)[O-])CNC(=O)c1cc(C)nn1CC. The number of nitrogens with two attached hydrogens (primary N) is 1. The van der Waals surface area contributed by atoms with E-state index in [4.69, 9.17) is 24.7 Å². The monoisotopic (exact) mass is 927 g/mol. The van der Waals surface area contributed by atoms with Gasteiger partial charge in [-0.05, 0) is 85.0 Å². The fourth-order valence-corrected chi connectivity index (χ4v) is 6.29. The lowest BCUT2D eigenvalue weighted by Gasteiger charge is -2.28. The van der Waals surface area contributed by atoms with Crippen LogP contribution in [0.2, 0.25) is 0 Å². The van der Waals surface area contributed by atoms with Crippen LogP contribution in [-0.4, -0.2) is 107 Å². The number of aldehydes is 1. The summed E-state index contributed by atoms with van der Waals surface area (Å²) in [5, 5.41) is 29.4. The van der Waals surface area contributed by atoms with Gasteiger partial charge >= 0.3 is 12.1 Å². The summed E-state index contributed by atoms with van der Waals surface area (Å²) in [7, 11) is 0. The summed E-state index contributed by atoms with van der Waals surface area (Å²) in [6, 6.07) is 7.05. The first kappa shape index (κ1) is 51.6. The molecule has 0 saturated heterocycles. The van der Waals surface area contributed by atoms with Crippen LogP contribution in [0.3, 0.4) is 0 Å². The van der Waals surface area contributed by atoms with E-state index in [-0.39, 0.29) is 92.5 Å². The van der Waals surface area contributed by atoms with Crippen molar-refractivity contribution in [3.63, 3.8) is 0 Å². The molecule has 4 aromatic rings. The van der Waals surface area contributed by atoms with Gasteiger partial charge in [0.05, 0.1) is 54.6 Å². The summed E-state index contributed by atoms with van der Waals surface area (Å²) < 4.78 is 25.4. The number of rotatable bonds is 26. The lowest BCUT2D eigenvalue weighted by Crippen LogP contribution is -2.39. The normalized spacial score (nSPS) is 11.3. The number of aliphatic imine (C=N–C) groups is 1. The summed E-state index contributed by atoms with van der Waals surface area (Å²) in [5.41, 5.74) is 6.54. The molecule has 5 N–H and O–H groups in total. The Kier molecular flexibility index (Phi) is 19.1. The Morgan fingerprint density at radius 1 is 1.04 bits per heavy atom. The molecule has 0 spiro atoms. The van der Waals surface area contributed by atoms with Crippen LogP contribution >= 0.6 is 0 Å². The Morgan fingerprint density at radius 3 is 2.49 bits per heavy atom. The maximum absolute atomic E-state index is 13.5. The Balaban J connectivity index is 1.55. The number of carbonyl (C=O) groups is 5. The molecule has 22 heteroatoms. The highest BCUT2D eigenvalue weighted by Gasteiger charge is 2.24. The molecular formula is C45H57N11O11. The molecule has 67 heavy (non-hydrogen) atoms. The average Bonchev–Trinajstić information content (AvgIpc) is 3.90. The number of aromatic nitrogens is 4. The largest absolute Gasteiger partial charge is 0.491 e. The standard InChI is InChI=1S/C45H57N11O11/c1-8-55-36(21-30(3)52-55)43(60)49-29-53(41-34(47-7)22-31(28-57)23-38(41)66-20-14-15-39(58)64-9-2)17-11-10-16-48-40-35(56(62)63)24-32(42(46)59)25-37(40)65-19-13-12-18-54-27-33(26-50-54)51-44(61)67-45(4,5)6/h10-13,21-28,48H,7-9,14-20,29H2,1-6H3,(H2,46,59)(H,49,60)(H,51,61)/b11-10+,13-12+. The van der Waals surface area contributed by atoms with Crippen LogP contribution in [0.15, 0.2) is 72.0 Å². The van der Waals surface area contributed by atoms with Crippen molar-refractivity contribution in [1.29, 1.82) is 0 Å². The lowest BCUT2D eigenvalue weighted by molar-refractivity contribution is -0.384. The molecule has 0 unspecified atom stereocenters. The number of hydrogen-bond acceptors (Lipinski definition) is 16. The van der Waals surface area contributed by atoms with Crippen LogP contribution in [0.5, 0.6) is 11.5 Å². The quantitative estimate of drug-likeness (QED) is 0.00806. The third kappa shape index (κ3) is 15.9. The highest BCUT2D eigenvalue weighted by atomic mass is 16.6. The van der Waals surface area contributed by atoms with Gasteiger partial charge in [0.15, 0.2) is 11.4 Å². The molecule has 22 nitrogen and oxygen atoms in total. The molecule has 4 rings (SSSR count). The second-order valence-electron chi connectivity index (χ2n) is 15.5. The van der Waals surface area contributed by atoms with E-state index in [1.165, 1.54) is 24.4 Å². The van der Waals surface area contributed by atoms with E-state index in [0.717, 1.165) is 6.07 Å². The number of nitro benzene ring substituents is 1. The predicted octanol–water partition coefficient (Wildman–Crippen LogP) is 6.13. The maximum atomic E-state index is 13.5. The fourth-order valence-electron chi connectivity index (χ4n) is 6.29. The zero-order chi connectivity index (χ0) is 49.1. The van der Waals surface area contributed by atoms with E-state index in [1.54, 1.807) is 85.4 Å². The number of nitrogens with one attached hydrogen (secondary N) is 3. The smallest absolute Gasteiger partial charge is 0.412 e. The maximum Gasteiger partial charge on any atom is 0.412 e. The molecule has 0 radical (unpaired) electrons. The molecule has 0 aliphatic carbocycles. The van der Waals surface area contributed by atoms with Crippen molar-refractivity contribution in [2.45, 2.75) is 73.1 Å². The minimum Gasteiger partial charge on any atom is -0.491 e. The molecule has 0 aliphatic rings. The number of esters is 1. The van der Waals surface area contributed by atoms with Crippen molar-refractivity contribution >= 4 is 65.3 Å². The second kappa shape index (κ2) is 24.9. The molecular weight excluding hydrogens is 871 g/mol. The topological polar surface area (TPSA) is 279 Å². The Morgan fingerprint density at radius 2 is 1.82 bits per heavy atom. The first-order valence-corrected chi connectivity index (χ1v) is 21.2. The van der Waals surface area contributed by atoms with Gasteiger partial charge in [0.2, 0.25) is 5.91 Å². The Bertz CT molecular complexity index is 2470. The molecule has 2 heterocycles. The lowest BCUT2D eigenvalue weighted by atomic mass is 10.1. The van der Waals surface area contributed by atoms with Gasteiger partial charge in [-0.1, -0.05) is 18.2 Å². The van der Waals surface area contributed by atoms with Gasteiger partial charge in [-0.15, -0.1) is 0 Å². The highest BCUT2D eigenvalue weighted by Crippen LogP contribution is 2.40. The fraction of sp³-hybridized carbons (Fsp3) is 0.378. The highest BCUT2D eigenvalue weighted by molar-refractivity contribution is 5.96. The minimum absolute atomic E-state index is 0.0170. The number of hydrogen-bond donors (Lipinski definition) is 4. The number of benzene rings is 2. The van der Waals surface area contributed by atoms with E-state index in [9.17, 15) is 34.1 Å². The van der Waals surface area contributed by atoms with Crippen LogP contribution < -0.4 is 36.1 Å². The van der Waals surface area contributed by atoms with Crippen molar-refractivity contribution in [2.24, 2.45) is 10.7 Å². The van der Waals surface area contributed by atoms with Crippen LogP contribution in [0.1, 0.15) is 84.4 Å². The van der Waals surface area contributed by atoms with Gasteiger partial charge in [-0.3, -0.25) is 49.0 Å². The second-order valence-corrected chi connectivity index (χ2v) is 15.5. The van der Waals surface area contributed by atoms with Gasteiger partial charge < -0.3 is 40.2 Å². The van der Waals surface area contributed by atoms with E-state index in [1.807, 2.05) is 6.92 Å². The molecule has 0 bridgehead atoms. The minimum atomic E-state index is -0.900. The third-order valence-electron chi connectivity index (χ3n) is 9.18. The molecule has 2 aromatic carbocycles. The Hall–Kier alpha value is -8.04. The predicted molar refractivity (Wildman–Crippen MR) is 251 cm³/mol. The number of primary amides is 1. The van der Waals surface area contributed by atoms with Crippen molar-refractivity contribution in [3.8, 4) is 11.5 Å². The first-order chi connectivity index (χ1) is 32.0. The van der Waals surface area contributed by atoms with Gasteiger partial charge in [0.1, 0.15) is 35.6 Å². The van der Waals surface area contributed by atoms with E-state index in [0.29, 0.717) is 42.0 Å². The van der Waals surface area contributed by atoms with Gasteiger partial charge in [0, 0.05) is 49.4 Å². The van der Waals surface area contributed by atoms with Crippen molar-refractivity contribution < 1.29 is 47.8 Å². The van der Waals surface area contributed by atoms with E-state index < -0.39 is 34.1 Å². The number of amides is 3. The summed E-state index contributed by atoms with van der Waals surface area (Å²) in [5.74, 6) is -1.48. The molecule has 2 aromatic heterocycles. The van der Waals surface area contributed by atoms with Crippen molar-refractivity contribution in [3.05, 3.63) is 99.7 Å². The number of nitrogens with zero attached hydrogens (tertiary/aromatic N) is 7. The van der Waals surface area contributed by atoms with E-state index in [2.05, 4.69) is 37.9 Å². The molecule has 0 saturated carbocycles. The number of ether oxygens (including phenoxy) is 4. The Labute approximate surface area is 387 Å². The average molecular weight is 928 g/mol. The summed E-state index contributed by atoms with van der Waals surface area (Å²) in [6.07, 6.45) is 10.2. The van der Waals surface area contributed by atoms with Gasteiger partial charge in [-0.25, -0.2) is 4.79 Å². The number of nitro groups is 1. The van der Waals surface area contributed by atoms with Gasteiger partial charge in [0.25, 0.3) is 11.6 Å². The van der Waals surface area contributed by atoms with Crippen LogP contribution in [-0.2, 0) is 27.4 Å². The summed E-state index contributed by atoms with van der Waals surface area (Å²) in [4.78, 5) is 79.3. The first-order valence-electron chi connectivity index (χ1n) is 21.2. The molecule has 3 amide bonds.